The predicted molar refractivity (Wildman–Crippen MR) is 62.2 cm³/mol. The van der Waals surface area contributed by atoms with Gasteiger partial charge < -0.3 is 0 Å². The summed E-state index contributed by atoms with van der Waals surface area (Å²) in [6, 6.07) is 0. The monoisotopic (exact) mass is 246 g/mol. The fraction of sp³-hybridized carbons (Fsp3) is 0.833. The minimum absolute atomic E-state index is 0.870. The van der Waals surface area contributed by atoms with Gasteiger partial charge in [-0.05, 0) is 0 Å². The average Bonchev–Trinajstić information content (AvgIpc) is 2.16. The molecule has 1 heteroatoms. The Balaban J connectivity index is 2.99. The molecule has 0 spiro atoms. The molecular weight excluding hydrogens is 223 g/mol. The Kier molecular flexibility index (Phi) is 12.2. The summed E-state index contributed by atoms with van der Waals surface area (Å²) in [5.41, 5.74) is 0. The van der Waals surface area contributed by atoms with Crippen molar-refractivity contribution in [2.75, 3.05) is 0 Å². The molecule has 13 heavy (non-hydrogen) atoms. The summed E-state index contributed by atoms with van der Waals surface area (Å²) in [7, 11) is 0. The molecule has 0 unspecified atom stereocenters. The Morgan fingerprint density at radius 2 is 1.54 bits per heavy atom. The van der Waals surface area contributed by atoms with Crippen molar-refractivity contribution in [3.8, 4) is 11.8 Å². The summed E-state index contributed by atoms with van der Waals surface area (Å²) in [5, 5.41) is 2.83. The molecule has 0 nitrogen and oxygen atoms in total. The van der Waals surface area contributed by atoms with E-state index in [1.807, 2.05) is 0 Å². The average molecular weight is 245 g/mol. The number of rotatable bonds is 7. The zero-order valence-electron chi connectivity index (χ0n) is 9.07. The van der Waals surface area contributed by atoms with Gasteiger partial charge in [0.2, 0.25) is 0 Å². The van der Waals surface area contributed by atoms with E-state index in [0.29, 0.717) is 0 Å². The molecule has 0 aromatic rings. The molecule has 0 heterocycles. The molecule has 0 atom stereocenters. The van der Waals surface area contributed by atoms with E-state index in [2.05, 4.69) is 25.7 Å². The summed E-state index contributed by atoms with van der Waals surface area (Å²) in [6.07, 6.45) is 7.57. The molecule has 0 rings (SSSR count). The third kappa shape index (κ3) is 12.1. The van der Waals surface area contributed by atoms with E-state index >= 15 is 0 Å². The van der Waals surface area contributed by atoms with Crippen LogP contribution < -0.4 is 0 Å². The van der Waals surface area contributed by atoms with E-state index in [0.717, 1.165) is 27.8 Å². The third-order valence-corrected chi connectivity index (χ3v) is 4.04. The third-order valence-electron chi connectivity index (χ3n) is 1.79. The molecule has 0 amide bonds. The van der Waals surface area contributed by atoms with E-state index in [1.165, 1.54) is 36.3 Å². The molecule has 0 fully saturated rings. The molecule has 0 radical (unpaired) electrons. The first kappa shape index (κ1) is 13.1. The zero-order chi connectivity index (χ0) is 9.78. The quantitative estimate of drug-likeness (QED) is 0.362. The Hall–Kier alpha value is 0.0795. The van der Waals surface area contributed by atoms with Gasteiger partial charge in [0.25, 0.3) is 0 Å². The second kappa shape index (κ2) is 12.1. The van der Waals surface area contributed by atoms with E-state index in [-0.39, 0.29) is 0 Å². The van der Waals surface area contributed by atoms with Crippen molar-refractivity contribution in [1.29, 1.82) is 0 Å². The van der Waals surface area contributed by atoms with Crippen LogP contribution in [0.15, 0.2) is 0 Å². The normalized spacial score (nSPS) is 9.38. The van der Waals surface area contributed by atoms with Crippen LogP contribution in [0.3, 0.4) is 0 Å². The molecular formula is C12H22Se. The molecule has 0 aromatic heterocycles. The van der Waals surface area contributed by atoms with Crippen LogP contribution in [0.2, 0.25) is 10.6 Å². The van der Waals surface area contributed by atoms with Crippen molar-refractivity contribution in [3.63, 3.8) is 0 Å². The maximum atomic E-state index is 3.26. The Morgan fingerprint density at radius 3 is 2.23 bits per heavy atom. The van der Waals surface area contributed by atoms with Crippen LogP contribution in [-0.4, -0.2) is 15.0 Å². The number of hydrogen-bond donors (Lipinski definition) is 0. The molecule has 0 aromatic carbocycles. The van der Waals surface area contributed by atoms with Crippen molar-refractivity contribution in [3.05, 3.63) is 0 Å². The van der Waals surface area contributed by atoms with Crippen molar-refractivity contribution < 1.29 is 0 Å². The second-order valence-corrected chi connectivity index (χ2v) is 5.74. The molecule has 0 aliphatic heterocycles. The van der Waals surface area contributed by atoms with Crippen LogP contribution in [0.4, 0.5) is 0 Å². The maximum absolute atomic E-state index is 3.26. The first-order chi connectivity index (χ1) is 6.41. The van der Waals surface area contributed by atoms with Crippen molar-refractivity contribution in [1.82, 2.24) is 0 Å². The molecule has 0 aliphatic rings. The molecule has 0 saturated carbocycles. The van der Waals surface area contributed by atoms with Crippen LogP contribution in [0.5, 0.6) is 0 Å². The molecule has 0 aliphatic carbocycles. The Labute approximate surface area is 90.0 Å². The standard InChI is InChI=1S/C12H22Se/c1-3-5-7-8-9-10-12-13-11-6-4-2/h3-7,10-12H2,1-2H3. The van der Waals surface area contributed by atoms with Crippen LogP contribution in [0.1, 0.15) is 52.4 Å². The van der Waals surface area contributed by atoms with Crippen LogP contribution in [0, 0.1) is 11.8 Å². The summed E-state index contributed by atoms with van der Waals surface area (Å²) in [6.45, 7) is 4.48. The first-order valence-corrected chi connectivity index (χ1v) is 7.87. The zero-order valence-corrected chi connectivity index (χ0v) is 10.8. The summed E-state index contributed by atoms with van der Waals surface area (Å²) in [4.78, 5) is 0. The molecule has 0 saturated heterocycles. The summed E-state index contributed by atoms with van der Waals surface area (Å²) in [5.74, 6) is 6.50. The molecule has 76 valence electrons. The van der Waals surface area contributed by atoms with Crippen LogP contribution in [-0.2, 0) is 0 Å². The van der Waals surface area contributed by atoms with E-state index in [9.17, 15) is 0 Å². The Bertz CT molecular complexity index is 141. The van der Waals surface area contributed by atoms with Gasteiger partial charge in [-0.3, -0.25) is 0 Å². The van der Waals surface area contributed by atoms with E-state index in [4.69, 9.17) is 0 Å². The van der Waals surface area contributed by atoms with Crippen molar-refractivity contribution in [2.45, 2.75) is 63.0 Å². The van der Waals surface area contributed by atoms with Gasteiger partial charge in [0.1, 0.15) is 0 Å². The topological polar surface area (TPSA) is 0 Å². The van der Waals surface area contributed by atoms with Gasteiger partial charge in [-0.15, -0.1) is 0 Å². The Morgan fingerprint density at radius 1 is 0.846 bits per heavy atom. The van der Waals surface area contributed by atoms with Gasteiger partial charge in [0.15, 0.2) is 0 Å². The van der Waals surface area contributed by atoms with Crippen molar-refractivity contribution in [2.24, 2.45) is 0 Å². The van der Waals surface area contributed by atoms with Gasteiger partial charge in [0, 0.05) is 0 Å². The fourth-order valence-electron chi connectivity index (χ4n) is 0.914. The summed E-state index contributed by atoms with van der Waals surface area (Å²) >= 11 is 0.870. The van der Waals surface area contributed by atoms with Gasteiger partial charge in [-0.1, -0.05) is 0 Å². The molecule has 0 N–H and O–H groups in total. The minimum atomic E-state index is 0.870. The predicted octanol–water partition coefficient (Wildman–Crippen LogP) is 3.91. The second-order valence-electron chi connectivity index (χ2n) is 3.17. The number of unbranched alkanes of at least 4 members (excludes halogenated alkanes) is 3. The van der Waals surface area contributed by atoms with Gasteiger partial charge >= 0.3 is 89.8 Å². The van der Waals surface area contributed by atoms with Gasteiger partial charge in [-0.2, -0.15) is 0 Å². The summed E-state index contributed by atoms with van der Waals surface area (Å²) < 4.78 is 0. The van der Waals surface area contributed by atoms with E-state index in [1.54, 1.807) is 0 Å². The SMILES string of the molecule is CCCCC#CCC[Se]CCCC. The number of hydrogen-bond acceptors (Lipinski definition) is 0. The van der Waals surface area contributed by atoms with Crippen molar-refractivity contribution >= 4 is 15.0 Å². The van der Waals surface area contributed by atoms with Crippen LogP contribution in [0.25, 0.3) is 0 Å². The first-order valence-electron chi connectivity index (χ1n) is 5.45. The van der Waals surface area contributed by atoms with E-state index < -0.39 is 0 Å². The fourth-order valence-corrected chi connectivity index (χ4v) is 2.89. The molecule has 0 bridgehead atoms. The van der Waals surface area contributed by atoms with Gasteiger partial charge in [-0.25, -0.2) is 0 Å². The van der Waals surface area contributed by atoms with Crippen LogP contribution >= 0.6 is 0 Å². The van der Waals surface area contributed by atoms with Gasteiger partial charge in [0.05, 0.1) is 0 Å².